The highest BCUT2D eigenvalue weighted by Gasteiger charge is 2.18. The van der Waals surface area contributed by atoms with Gasteiger partial charge in [-0.15, -0.1) is 0 Å². The van der Waals surface area contributed by atoms with Crippen molar-refractivity contribution in [3.05, 3.63) is 35.6 Å². The second-order valence-electron chi connectivity index (χ2n) is 5.62. The Hall–Kier alpha value is -1.32. The summed E-state index contributed by atoms with van der Waals surface area (Å²) in [5.74, 6) is 1.05. The van der Waals surface area contributed by atoms with E-state index in [4.69, 9.17) is 4.42 Å². The van der Waals surface area contributed by atoms with Crippen LogP contribution in [0.25, 0.3) is 11.0 Å². The van der Waals surface area contributed by atoms with Gasteiger partial charge >= 0.3 is 0 Å². The molecule has 3 rings (SSSR count). The first-order chi connectivity index (χ1) is 9.24. The van der Waals surface area contributed by atoms with Crippen molar-refractivity contribution in [3.8, 4) is 0 Å². The molecule has 1 aromatic carbocycles. The van der Waals surface area contributed by atoms with Crippen molar-refractivity contribution >= 4 is 11.0 Å². The molecule has 3 heteroatoms. The van der Waals surface area contributed by atoms with E-state index in [-0.39, 0.29) is 0 Å². The van der Waals surface area contributed by atoms with Crippen molar-refractivity contribution in [2.45, 2.75) is 32.4 Å². The van der Waals surface area contributed by atoms with Crippen molar-refractivity contribution in [3.63, 3.8) is 0 Å². The average Bonchev–Trinajstić information content (AvgIpc) is 2.99. The zero-order valence-electron chi connectivity index (χ0n) is 11.8. The molecule has 1 aliphatic rings. The Kier molecular flexibility index (Phi) is 3.58. The number of aryl methyl sites for hydroxylation is 1. The van der Waals surface area contributed by atoms with Gasteiger partial charge in [-0.2, -0.15) is 0 Å². The number of hydrogen-bond acceptors (Lipinski definition) is 3. The summed E-state index contributed by atoms with van der Waals surface area (Å²) in [7, 11) is 2.20. The van der Waals surface area contributed by atoms with Gasteiger partial charge in [0.05, 0.1) is 0 Å². The highest BCUT2D eigenvalue weighted by molar-refractivity contribution is 5.82. The van der Waals surface area contributed by atoms with E-state index in [1.165, 1.54) is 30.3 Å². The minimum absolute atomic E-state index is 0.656. The number of benzene rings is 1. The standard InChI is InChI=1S/C16H22N2O/c1-12-15(14-7-3-4-8-16(14)19-12)11-18(2)10-13-6-5-9-17-13/h3-4,7-8,13,17H,5-6,9-11H2,1-2H3. The fourth-order valence-corrected chi connectivity index (χ4v) is 3.04. The van der Waals surface area contributed by atoms with Crippen LogP contribution in [0, 0.1) is 6.92 Å². The van der Waals surface area contributed by atoms with Gasteiger partial charge in [-0.1, -0.05) is 18.2 Å². The van der Waals surface area contributed by atoms with E-state index in [1.54, 1.807) is 0 Å². The summed E-state index contributed by atoms with van der Waals surface area (Å²) in [6.07, 6.45) is 2.61. The molecule has 1 unspecified atom stereocenters. The monoisotopic (exact) mass is 258 g/mol. The number of nitrogens with zero attached hydrogens (tertiary/aromatic N) is 1. The molecule has 2 heterocycles. The normalized spacial score (nSPS) is 19.6. The first-order valence-electron chi connectivity index (χ1n) is 7.13. The lowest BCUT2D eigenvalue weighted by Crippen LogP contribution is -2.35. The fraction of sp³-hybridized carbons (Fsp3) is 0.500. The maximum atomic E-state index is 5.83. The number of furan rings is 1. The number of fused-ring (bicyclic) bond motifs is 1. The summed E-state index contributed by atoms with van der Waals surface area (Å²) in [5.41, 5.74) is 2.33. The average molecular weight is 258 g/mol. The molecule has 1 aromatic heterocycles. The van der Waals surface area contributed by atoms with Crippen LogP contribution in [0.1, 0.15) is 24.2 Å². The molecular weight excluding hydrogens is 236 g/mol. The van der Waals surface area contributed by atoms with E-state index in [9.17, 15) is 0 Å². The molecule has 3 nitrogen and oxygen atoms in total. The van der Waals surface area contributed by atoms with Gasteiger partial charge in [0.2, 0.25) is 0 Å². The predicted molar refractivity (Wildman–Crippen MR) is 78.3 cm³/mol. The van der Waals surface area contributed by atoms with Gasteiger partial charge < -0.3 is 14.6 Å². The molecule has 0 radical (unpaired) electrons. The highest BCUT2D eigenvalue weighted by Crippen LogP contribution is 2.26. The first kappa shape index (κ1) is 12.7. The van der Waals surface area contributed by atoms with Crippen LogP contribution >= 0.6 is 0 Å². The molecule has 0 aliphatic carbocycles. The molecule has 0 spiro atoms. The maximum absolute atomic E-state index is 5.83. The Balaban J connectivity index is 1.75. The Morgan fingerprint density at radius 3 is 3.00 bits per heavy atom. The summed E-state index contributed by atoms with van der Waals surface area (Å²) >= 11 is 0. The quantitative estimate of drug-likeness (QED) is 0.914. The van der Waals surface area contributed by atoms with Crippen LogP contribution in [0.2, 0.25) is 0 Å². The summed E-state index contributed by atoms with van der Waals surface area (Å²) < 4.78 is 5.83. The Bertz CT molecular complexity index is 555. The zero-order chi connectivity index (χ0) is 13.2. The second kappa shape index (κ2) is 5.35. The largest absolute Gasteiger partial charge is 0.461 e. The van der Waals surface area contributed by atoms with Crippen molar-refractivity contribution in [2.24, 2.45) is 0 Å². The van der Waals surface area contributed by atoms with Crippen molar-refractivity contribution in [2.75, 3.05) is 20.1 Å². The maximum Gasteiger partial charge on any atom is 0.134 e. The van der Waals surface area contributed by atoms with Gasteiger partial charge in [0.1, 0.15) is 11.3 Å². The Labute approximate surface area is 114 Å². The van der Waals surface area contributed by atoms with Crippen LogP contribution in [-0.4, -0.2) is 31.1 Å². The van der Waals surface area contributed by atoms with Crippen LogP contribution in [0.5, 0.6) is 0 Å². The third-order valence-electron chi connectivity index (χ3n) is 4.02. The smallest absolute Gasteiger partial charge is 0.134 e. The fourth-order valence-electron chi connectivity index (χ4n) is 3.04. The minimum Gasteiger partial charge on any atom is -0.461 e. The topological polar surface area (TPSA) is 28.4 Å². The number of para-hydroxylation sites is 1. The van der Waals surface area contributed by atoms with Crippen molar-refractivity contribution < 1.29 is 4.42 Å². The van der Waals surface area contributed by atoms with Crippen LogP contribution < -0.4 is 5.32 Å². The van der Waals surface area contributed by atoms with E-state index in [2.05, 4.69) is 36.3 Å². The van der Waals surface area contributed by atoms with Gasteiger partial charge in [0.15, 0.2) is 0 Å². The number of likely N-dealkylation sites (N-methyl/N-ethyl adjacent to an activating group) is 1. The molecule has 0 saturated carbocycles. The number of nitrogens with one attached hydrogen (secondary N) is 1. The second-order valence-corrected chi connectivity index (χ2v) is 5.62. The molecule has 0 bridgehead atoms. The van der Waals surface area contributed by atoms with Gasteiger partial charge in [0.25, 0.3) is 0 Å². The van der Waals surface area contributed by atoms with Crippen LogP contribution in [0.3, 0.4) is 0 Å². The summed E-state index contributed by atoms with van der Waals surface area (Å²) in [6.45, 7) is 5.31. The van der Waals surface area contributed by atoms with E-state index < -0.39 is 0 Å². The molecule has 19 heavy (non-hydrogen) atoms. The van der Waals surface area contributed by atoms with Gasteiger partial charge in [-0.05, 0) is 39.4 Å². The molecular formula is C16H22N2O. The molecule has 102 valence electrons. The minimum atomic E-state index is 0.656. The number of rotatable bonds is 4. The van der Waals surface area contributed by atoms with Gasteiger partial charge in [0, 0.05) is 30.1 Å². The SMILES string of the molecule is Cc1oc2ccccc2c1CN(C)CC1CCCN1. The van der Waals surface area contributed by atoms with Crippen molar-refractivity contribution in [1.82, 2.24) is 10.2 Å². The van der Waals surface area contributed by atoms with Crippen LogP contribution in [0.4, 0.5) is 0 Å². The molecule has 1 atom stereocenters. The van der Waals surface area contributed by atoms with Crippen molar-refractivity contribution in [1.29, 1.82) is 0 Å². The lowest BCUT2D eigenvalue weighted by Gasteiger charge is -2.20. The first-order valence-corrected chi connectivity index (χ1v) is 7.13. The van der Waals surface area contributed by atoms with Crippen LogP contribution in [-0.2, 0) is 6.54 Å². The summed E-state index contributed by atoms with van der Waals surface area (Å²) in [4.78, 5) is 2.40. The molecule has 1 fully saturated rings. The third-order valence-corrected chi connectivity index (χ3v) is 4.02. The highest BCUT2D eigenvalue weighted by atomic mass is 16.3. The molecule has 2 aromatic rings. The molecule has 1 N–H and O–H groups in total. The molecule has 1 aliphatic heterocycles. The van der Waals surface area contributed by atoms with E-state index in [0.29, 0.717) is 6.04 Å². The Morgan fingerprint density at radius 2 is 2.21 bits per heavy atom. The molecule has 1 saturated heterocycles. The van der Waals surface area contributed by atoms with E-state index in [0.717, 1.165) is 24.4 Å². The number of hydrogen-bond donors (Lipinski definition) is 1. The van der Waals surface area contributed by atoms with Crippen LogP contribution in [0.15, 0.2) is 28.7 Å². The zero-order valence-corrected chi connectivity index (χ0v) is 11.8. The summed E-state index contributed by atoms with van der Waals surface area (Å²) in [5, 5.41) is 4.81. The Morgan fingerprint density at radius 1 is 1.37 bits per heavy atom. The van der Waals surface area contributed by atoms with E-state index in [1.807, 2.05) is 12.1 Å². The van der Waals surface area contributed by atoms with Gasteiger partial charge in [-0.3, -0.25) is 0 Å². The summed E-state index contributed by atoms with van der Waals surface area (Å²) in [6, 6.07) is 8.97. The lowest BCUT2D eigenvalue weighted by atomic mass is 10.1. The third kappa shape index (κ3) is 2.67. The lowest BCUT2D eigenvalue weighted by molar-refractivity contribution is 0.292. The predicted octanol–water partition coefficient (Wildman–Crippen LogP) is 2.93. The van der Waals surface area contributed by atoms with Gasteiger partial charge in [-0.25, -0.2) is 0 Å². The molecule has 0 amide bonds. The van der Waals surface area contributed by atoms with E-state index >= 15 is 0 Å².